The van der Waals surface area contributed by atoms with Crippen LogP contribution in [0.25, 0.3) is 5.69 Å². The van der Waals surface area contributed by atoms with Crippen molar-refractivity contribution in [3.8, 4) is 5.69 Å². The molecule has 0 saturated carbocycles. The second kappa shape index (κ2) is 4.64. The number of aryl methyl sites for hydroxylation is 1. The second-order valence-electron chi connectivity index (χ2n) is 4.64. The molecular weight excluding hydrogens is 228 g/mol. The Morgan fingerprint density at radius 3 is 2.61 bits per heavy atom. The first-order valence-corrected chi connectivity index (χ1v) is 5.89. The molecule has 1 aromatic carbocycles. The van der Waals surface area contributed by atoms with Crippen LogP contribution in [-0.4, -0.2) is 20.9 Å². The van der Waals surface area contributed by atoms with Gasteiger partial charge in [-0.05, 0) is 36.6 Å². The van der Waals surface area contributed by atoms with Crippen LogP contribution in [0.1, 0.15) is 41.5 Å². The van der Waals surface area contributed by atoms with Crippen LogP contribution in [0.5, 0.6) is 0 Å². The summed E-state index contributed by atoms with van der Waals surface area (Å²) in [5.74, 6) is -0.573. The molecule has 1 aromatic heterocycles. The van der Waals surface area contributed by atoms with Crippen molar-refractivity contribution < 1.29 is 9.90 Å². The SMILES string of the molecule is Cc1cc(C(=O)O)nn1-c1cccc(C(C)C)c1. The molecular formula is C14H16N2O2. The van der Waals surface area contributed by atoms with E-state index < -0.39 is 5.97 Å². The van der Waals surface area contributed by atoms with Crippen LogP contribution >= 0.6 is 0 Å². The molecule has 1 N–H and O–H groups in total. The van der Waals surface area contributed by atoms with Crippen molar-refractivity contribution in [1.29, 1.82) is 0 Å². The van der Waals surface area contributed by atoms with E-state index in [1.165, 1.54) is 5.56 Å². The highest BCUT2D eigenvalue weighted by Gasteiger charge is 2.12. The van der Waals surface area contributed by atoms with Gasteiger partial charge in [-0.3, -0.25) is 0 Å². The van der Waals surface area contributed by atoms with Crippen molar-refractivity contribution in [1.82, 2.24) is 9.78 Å². The minimum atomic E-state index is -1.00. The van der Waals surface area contributed by atoms with Crippen LogP contribution < -0.4 is 0 Å². The minimum absolute atomic E-state index is 0.0717. The highest BCUT2D eigenvalue weighted by atomic mass is 16.4. The number of carboxylic acid groups (broad SMARTS) is 1. The molecule has 0 saturated heterocycles. The first-order chi connectivity index (χ1) is 8.49. The van der Waals surface area contributed by atoms with Crippen LogP contribution in [0.3, 0.4) is 0 Å². The Labute approximate surface area is 106 Å². The highest BCUT2D eigenvalue weighted by Crippen LogP contribution is 2.19. The zero-order valence-corrected chi connectivity index (χ0v) is 10.7. The summed E-state index contributed by atoms with van der Waals surface area (Å²) in [5.41, 5.74) is 2.99. The Morgan fingerprint density at radius 1 is 1.33 bits per heavy atom. The van der Waals surface area contributed by atoms with Crippen LogP contribution in [-0.2, 0) is 0 Å². The average molecular weight is 244 g/mol. The Morgan fingerprint density at radius 2 is 2.06 bits per heavy atom. The highest BCUT2D eigenvalue weighted by molar-refractivity contribution is 5.85. The zero-order valence-electron chi connectivity index (χ0n) is 10.7. The van der Waals surface area contributed by atoms with Gasteiger partial charge in [0.25, 0.3) is 0 Å². The number of aromatic carboxylic acids is 1. The maximum absolute atomic E-state index is 10.9. The van der Waals surface area contributed by atoms with Crippen LogP contribution in [0.15, 0.2) is 30.3 Å². The van der Waals surface area contributed by atoms with Gasteiger partial charge >= 0.3 is 5.97 Å². The average Bonchev–Trinajstić information content (AvgIpc) is 2.72. The summed E-state index contributed by atoms with van der Waals surface area (Å²) in [5, 5.41) is 13.0. The number of hydrogen-bond donors (Lipinski definition) is 1. The molecule has 0 bridgehead atoms. The van der Waals surface area contributed by atoms with E-state index in [4.69, 9.17) is 5.11 Å². The Kier molecular flexibility index (Phi) is 3.19. The lowest BCUT2D eigenvalue weighted by Gasteiger charge is -2.09. The molecule has 0 aliphatic rings. The van der Waals surface area contributed by atoms with Crippen LogP contribution in [0, 0.1) is 6.92 Å². The molecule has 0 radical (unpaired) electrons. The summed E-state index contributed by atoms with van der Waals surface area (Å²) < 4.78 is 1.66. The van der Waals surface area contributed by atoms with E-state index in [0.29, 0.717) is 5.92 Å². The molecule has 0 unspecified atom stereocenters. The normalized spacial score (nSPS) is 10.9. The summed E-state index contributed by atoms with van der Waals surface area (Å²) in [7, 11) is 0. The molecule has 4 nitrogen and oxygen atoms in total. The Bertz CT molecular complexity index is 585. The zero-order chi connectivity index (χ0) is 13.3. The smallest absolute Gasteiger partial charge is 0.356 e. The molecule has 94 valence electrons. The van der Waals surface area contributed by atoms with Gasteiger partial charge in [-0.1, -0.05) is 26.0 Å². The fourth-order valence-corrected chi connectivity index (χ4v) is 1.86. The Balaban J connectivity index is 2.48. The lowest BCUT2D eigenvalue weighted by atomic mass is 10.0. The number of benzene rings is 1. The molecule has 0 atom stereocenters. The number of carboxylic acids is 1. The third-order valence-electron chi connectivity index (χ3n) is 2.89. The minimum Gasteiger partial charge on any atom is -0.476 e. The first kappa shape index (κ1) is 12.4. The predicted octanol–water partition coefficient (Wildman–Crippen LogP) is 3.00. The third-order valence-corrected chi connectivity index (χ3v) is 2.89. The van der Waals surface area contributed by atoms with Crippen molar-refractivity contribution in [2.24, 2.45) is 0 Å². The predicted molar refractivity (Wildman–Crippen MR) is 69.3 cm³/mol. The number of hydrogen-bond acceptors (Lipinski definition) is 2. The quantitative estimate of drug-likeness (QED) is 0.903. The number of aromatic nitrogens is 2. The van der Waals surface area contributed by atoms with Gasteiger partial charge in [0.05, 0.1) is 5.69 Å². The molecule has 2 rings (SSSR count). The van der Waals surface area contributed by atoms with Gasteiger partial charge in [0.1, 0.15) is 0 Å². The molecule has 0 amide bonds. The lowest BCUT2D eigenvalue weighted by molar-refractivity contribution is 0.0690. The first-order valence-electron chi connectivity index (χ1n) is 5.89. The number of carbonyl (C=O) groups is 1. The largest absolute Gasteiger partial charge is 0.476 e. The monoisotopic (exact) mass is 244 g/mol. The van der Waals surface area contributed by atoms with Gasteiger partial charge in [0, 0.05) is 5.69 Å². The fourth-order valence-electron chi connectivity index (χ4n) is 1.86. The van der Waals surface area contributed by atoms with Gasteiger partial charge in [-0.2, -0.15) is 5.10 Å². The molecule has 4 heteroatoms. The summed E-state index contributed by atoms with van der Waals surface area (Å²) in [6.45, 7) is 6.09. The van der Waals surface area contributed by atoms with Gasteiger partial charge in [0.2, 0.25) is 0 Å². The summed E-state index contributed by atoms with van der Waals surface area (Å²) in [6.07, 6.45) is 0. The van der Waals surface area contributed by atoms with Crippen LogP contribution in [0.4, 0.5) is 0 Å². The fraction of sp³-hybridized carbons (Fsp3) is 0.286. The van der Waals surface area contributed by atoms with Crippen LogP contribution in [0.2, 0.25) is 0 Å². The Hall–Kier alpha value is -2.10. The van der Waals surface area contributed by atoms with E-state index in [9.17, 15) is 4.79 Å². The topological polar surface area (TPSA) is 55.1 Å². The molecule has 2 aromatic rings. The maximum atomic E-state index is 10.9. The van der Waals surface area contributed by atoms with E-state index in [2.05, 4.69) is 25.0 Å². The summed E-state index contributed by atoms with van der Waals surface area (Å²) >= 11 is 0. The molecule has 18 heavy (non-hydrogen) atoms. The number of nitrogens with zero attached hydrogens (tertiary/aromatic N) is 2. The second-order valence-corrected chi connectivity index (χ2v) is 4.64. The molecule has 0 spiro atoms. The maximum Gasteiger partial charge on any atom is 0.356 e. The van der Waals surface area contributed by atoms with E-state index >= 15 is 0 Å². The van der Waals surface area contributed by atoms with Crippen molar-refractivity contribution in [3.63, 3.8) is 0 Å². The molecule has 0 fully saturated rings. The molecule has 1 heterocycles. The van der Waals surface area contributed by atoms with Crippen molar-refractivity contribution >= 4 is 5.97 Å². The lowest BCUT2D eigenvalue weighted by Crippen LogP contribution is -2.03. The van der Waals surface area contributed by atoms with E-state index in [1.807, 2.05) is 25.1 Å². The van der Waals surface area contributed by atoms with Gasteiger partial charge in [-0.15, -0.1) is 0 Å². The van der Waals surface area contributed by atoms with E-state index in [0.717, 1.165) is 11.4 Å². The van der Waals surface area contributed by atoms with Gasteiger partial charge in [-0.25, -0.2) is 9.48 Å². The van der Waals surface area contributed by atoms with Gasteiger partial charge < -0.3 is 5.11 Å². The van der Waals surface area contributed by atoms with Crippen molar-refractivity contribution in [2.75, 3.05) is 0 Å². The van der Waals surface area contributed by atoms with E-state index in [1.54, 1.807) is 10.7 Å². The number of rotatable bonds is 3. The molecule has 0 aliphatic carbocycles. The summed E-state index contributed by atoms with van der Waals surface area (Å²) in [6, 6.07) is 9.57. The van der Waals surface area contributed by atoms with Crippen molar-refractivity contribution in [3.05, 3.63) is 47.3 Å². The van der Waals surface area contributed by atoms with E-state index in [-0.39, 0.29) is 5.69 Å². The van der Waals surface area contributed by atoms with Gasteiger partial charge in [0.15, 0.2) is 5.69 Å². The standard InChI is InChI=1S/C14H16N2O2/c1-9(2)11-5-4-6-12(8-11)16-10(3)7-13(15-16)14(17)18/h4-9H,1-3H3,(H,17,18). The van der Waals surface area contributed by atoms with Crippen molar-refractivity contribution in [2.45, 2.75) is 26.7 Å². The summed E-state index contributed by atoms with van der Waals surface area (Å²) in [4.78, 5) is 10.9. The third kappa shape index (κ3) is 2.27. The molecule has 0 aliphatic heterocycles.